The number of carbonyl (C=O) groups is 1. The molecule has 0 aliphatic carbocycles. The lowest BCUT2D eigenvalue weighted by molar-refractivity contribution is 0.102. The highest BCUT2D eigenvalue weighted by Crippen LogP contribution is 2.26. The number of nitrogens with zero attached hydrogens (tertiary/aromatic N) is 5. The molecule has 2 heterocycles. The lowest BCUT2D eigenvalue weighted by Gasteiger charge is -2.08. The molecule has 5 rings (SSSR count). The third-order valence-electron chi connectivity index (χ3n) is 4.85. The van der Waals surface area contributed by atoms with Gasteiger partial charge in [0.1, 0.15) is 12.7 Å². The number of hydrogen-bond donors (Lipinski definition) is 1. The highest BCUT2D eigenvalue weighted by molar-refractivity contribution is 7.99. The Morgan fingerprint density at radius 2 is 1.71 bits per heavy atom. The predicted molar refractivity (Wildman–Crippen MR) is 121 cm³/mol. The maximum atomic E-state index is 12.7. The summed E-state index contributed by atoms with van der Waals surface area (Å²) < 4.78 is 3.86. The third-order valence-corrected chi connectivity index (χ3v) is 5.91. The van der Waals surface area contributed by atoms with Crippen LogP contribution in [0.25, 0.3) is 16.7 Å². The maximum absolute atomic E-state index is 12.7. The summed E-state index contributed by atoms with van der Waals surface area (Å²) in [6.07, 6.45) is 3.46. The van der Waals surface area contributed by atoms with Crippen LogP contribution in [0.15, 0.2) is 95.5 Å². The smallest absolute Gasteiger partial charge is 0.255 e. The van der Waals surface area contributed by atoms with Gasteiger partial charge in [0.25, 0.3) is 5.91 Å². The van der Waals surface area contributed by atoms with Crippen molar-refractivity contribution >= 4 is 34.4 Å². The van der Waals surface area contributed by atoms with Gasteiger partial charge in [-0.1, -0.05) is 12.1 Å². The molecular weight excluding hydrogens is 408 g/mol. The van der Waals surface area contributed by atoms with Crippen molar-refractivity contribution < 1.29 is 4.79 Å². The number of benzene rings is 3. The van der Waals surface area contributed by atoms with Crippen LogP contribution in [-0.2, 0) is 7.05 Å². The second-order valence-corrected chi connectivity index (χ2v) is 8.00. The summed E-state index contributed by atoms with van der Waals surface area (Å²) >= 11 is 1.52. The predicted octanol–water partition coefficient (Wildman–Crippen LogP) is 4.56. The van der Waals surface area contributed by atoms with Gasteiger partial charge in [-0.05, 0) is 72.4 Å². The number of carbonyl (C=O) groups excluding carboxylic acids is 1. The highest BCUT2D eigenvalue weighted by Gasteiger charge is 2.09. The van der Waals surface area contributed by atoms with Gasteiger partial charge in [0.15, 0.2) is 5.16 Å². The Morgan fingerprint density at radius 3 is 2.45 bits per heavy atom. The van der Waals surface area contributed by atoms with Gasteiger partial charge >= 0.3 is 0 Å². The normalized spacial score (nSPS) is 11.0. The molecule has 0 aliphatic heterocycles. The lowest BCUT2D eigenvalue weighted by Crippen LogP contribution is -2.11. The minimum atomic E-state index is -0.157. The molecule has 0 saturated heterocycles. The molecule has 0 atom stereocenters. The van der Waals surface area contributed by atoms with E-state index in [0.717, 1.165) is 32.5 Å². The molecule has 0 spiro atoms. The second kappa shape index (κ2) is 8.08. The van der Waals surface area contributed by atoms with E-state index in [-0.39, 0.29) is 5.91 Å². The van der Waals surface area contributed by atoms with Gasteiger partial charge in [-0.2, -0.15) is 0 Å². The number of amides is 1. The average Bonchev–Trinajstić information content (AvgIpc) is 3.41. The quantitative estimate of drug-likeness (QED) is 0.446. The van der Waals surface area contributed by atoms with Crippen molar-refractivity contribution in [3.05, 3.63) is 91.0 Å². The van der Waals surface area contributed by atoms with E-state index in [1.807, 2.05) is 89.0 Å². The molecule has 3 aromatic carbocycles. The molecule has 0 fully saturated rings. The molecule has 2 aromatic heterocycles. The second-order valence-electron chi connectivity index (χ2n) is 6.96. The molecular formula is C23H18N6OS. The molecule has 31 heavy (non-hydrogen) atoms. The summed E-state index contributed by atoms with van der Waals surface area (Å²) in [5.74, 6) is -0.157. The zero-order chi connectivity index (χ0) is 21.2. The SMILES string of the molecule is Cn1cnnc1Sc1ccc(NC(=O)c2ccc(-n3cnc4ccccc43)cc2)cc1. The zero-order valence-electron chi connectivity index (χ0n) is 16.6. The van der Waals surface area contributed by atoms with Gasteiger partial charge in [-0.15, -0.1) is 10.2 Å². The van der Waals surface area contributed by atoms with E-state index in [1.54, 1.807) is 12.7 Å². The van der Waals surface area contributed by atoms with Gasteiger partial charge in [0.05, 0.1) is 11.0 Å². The van der Waals surface area contributed by atoms with Crippen molar-refractivity contribution in [2.24, 2.45) is 7.05 Å². The van der Waals surface area contributed by atoms with E-state index in [9.17, 15) is 4.79 Å². The van der Waals surface area contributed by atoms with Crippen LogP contribution in [0.5, 0.6) is 0 Å². The Bertz CT molecular complexity index is 1360. The lowest BCUT2D eigenvalue weighted by atomic mass is 10.2. The fraction of sp³-hybridized carbons (Fsp3) is 0.0435. The topological polar surface area (TPSA) is 77.6 Å². The Kier molecular flexibility index (Phi) is 4.97. The number of rotatable bonds is 5. The van der Waals surface area contributed by atoms with Crippen molar-refractivity contribution in [1.29, 1.82) is 0 Å². The number of para-hydroxylation sites is 2. The van der Waals surface area contributed by atoms with Crippen LogP contribution >= 0.6 is 11.8 Å². The van der Waals surface area contributed by atoms with Gasteiger partial charge in [-0.3, -0.25) is 9.36 Å². The summed E-state index contributed by atoms with van der Waals surface area (Å²) in [6, 6.07) is 23.1. The van der Waals surface area contributed by atoms with Crippen LogP contribution in [-0.4, -0.2) is 30.2 Å². The van der Waals surface area contributed by atoms with Crippen LogP contribution in [0.2, 0.25) is 0 Å². The number of nitrogens with one attached hydrogen (secondary N) is 1. The van der Waals surface area contributed by atoms with Gasteiger partial charge in [0, 0.05) is 28.9 Å². The largest absolute Gasteiger partial charge is 0.322 e. The van der Waals surface area contributed by atoms with E-state index in [0.29, 0.717) is 5.56 Å². The van der Waals surface area contributed by atoms with Crippen molar-refractivity contribution in [2.45, 2.75) is 10.1 Å². The van der Waals surface area contributed by atoms with Crippen LogP contribution in [0, 0.1) is 0 Å². The first kappa shape index (κ1) is 19.1. The van der Waals surface area contributed by atoms with Crippen molar-refractivity contribution in [1.82, 2.24) is 24.3 Å². The monoisotopic (exact) mass is 426 g/mol. The van der Waals surface area contributed by atoms with Crippen LogP contribution < -0.4 is 5.32 Å². The van der Waals surface area contributed by atoms with Crippen molar-refractivity contribution in [3.63, 3.8) is 0 Å². The average molecular weight is 427 g/mol. The maximum Gasteiger partial charge on any atom is 0.255 e. The molecule has 0 bridgehead atoms. The van der Waals surface area contributed by atoms with E-state index in [1.165, 1.54) is 11.8 Å². The summed E-state index contributed by atoms with van der Waals surface area (Å²) in [5.41, 5.74) is 4.24. The van der Waals surface area contributed by atoms with E-state index in [4.69, 9.17) is 0 Å². The number of imidazole rings is 1. The highest BCUT2D eigenvalue weighted by atomic mass is 32.2. The molecule has 152 valence electrons. The third kappa shape index (κ3) is 3.93. The molecule has 0 radical (unpaired) electrons. The number of fused-ring (bicyclic) bond motifs is 1. The van der Waals surface area contributed by atoms with Crippen molar-refractivity contribution in [3.8, 4) is 5.69 Å². The summed E-state index contributed by atoms with van der Waals surface area (Å²) in [4.78, 5) is 18.1. The van der Waals surface area contributed by atoms with Crippen LogP contribution in [0.4, 0.5) is 5.69 Å². The van der Waals surface area contributed by atoms with Gasteiger partial charge < -0.3 is 9.88 Å². The molecule has 1 N–H and O–H groups in total. The minimum absolute atomic E-state index is 0.157. The van der Waals surface area contributed by atoms with E-state index in [2.05, 4.69) is 20.5 Å². The molecule has 0 saturated carbocycles. The minimum Gasteiger partial charge on any atom is -0.322 e. The first-order valence-corrected chi connectivity index (χ1v) is 10.4. The van der Waals surface area contributed by atoms with Crippen LogP contribution in [0.3, 0.4) is 0 Å². The molecule has 7 nitrogen and oxygen atoms in total. The summed E-state index contributed by atoms with van der Waals surface area (Å²) in [6.45, 7) is 0. The molecule has 5 aromatic rings. The molecule has 0 aliphatic rings. The Morgan fingerprint density at radius 1 is 0.935 bits per heavy atom. The Balaban J connectivity index is 1.28. The standard InChI is InChI=1S/C23H18N6OS/c1-28-15-25-27-23(28)31-19-12-8-17(9-13-19)26-22(30)16-6-10-18(11-7-16)29-14-24-20-4-2-3-5-21(20)29/h2-15H,1H3,(H,26,30). The number of aryl methyl sites for hydroxylation is 1. The summed E-state index contributed by atoms with van der Waals surface area (Å²) in [7, 11) is 1.90. The Labute approximate surface area is 182 Å². The molecule has 8 heteroatoms. The van der Waals surface area contributed by atoms with Gasteiger partial charge in [-0.25, -0.2) is 4.98 Å². The Hall–Kier alpha value is -3.91. The van der Waals surface area contributed by atoms with E-state index >= 15 is 0 Å². The number of aromatic nitrogens is 5. The van der Waals surface area contributed by atoms with Crippen molar-refractivity contribution in [2.75, 3.05) is 5.32 Å². The van der Waals surface area contributed by atoms with Crippen LogP contribution in [0.1, 0.15) is 10.4 Å². The first-order chi connectivity index (χ1) is 15.2. The van der Waals surface area contributed by atoms with E-state index < -0.39 is 0 Å². The van der Waals surface area contributed by atoms with Gasteiger partial charge in [0.2, 0.25) is 0 Å². The number of hydrogen-bond acceptors (Lipinski definition) is 5. The molecule has 1 amide bonds. The fourth-order valence-electron chi connectivity index (χ4n) is 3.22. The first-order valence-electron chi connectivity index (χ1n) is 9.63. The number of anilines is 1. The zero-order valence-corrected chi connectivity index (χ0v) is 17.5. The summed E-state index contributed by atoms with van der Waals surface area (Å²) in [5, 5.41) is 11.7. The molecule has 0 unspecified atom stereocenters. The fourth-order valence-corrected chi connectivity index (χ4v) is 3.98.